The number of ketones is 1. The topological polar surface area (TPSA) is 94.8 Å². The van der Waals surface area contributed by atoms with Crippen molar-refractivity contribution in [3.05, 3.63) is 24.3 Å². The number of rotatable bonds is 14. The van der Waals surface area contributed by atoms with Gasteiger partial charge in [-0.3, -0.25) is 9.59 Å². The van der Waals surface area contributed by atoms with Gasteiger partial charge in [0.2, 0.25) is 0 Å². The van der Waals surface area contributed by atoms with Crippen LogP contribution in [0, 0.1) is 11.8 Å². The molecule has 0 aliphatic heterocycles. The third-order valence-corrected chi connectivity index (χ3v) is 5.28. The number of aliphatic hydroxyl groups excluding tert-OH is 2. The van der Waals surface area contributed by atoms with Crippen LogP contribution in [0.15, 0.2) is 24.3 Å². The molecular formula is C22H36O5. The molecule has 0 aromatic rings. The zero-order chi connectivity index (χ0) is 20.1. The molecule has 5 heteroatoms. The molecule has 1 aliphatic rings. The van der Waals surface area contributed by atoms with Gasteiger partial charge in [0.05, 0.1) is 12.2 Å². The Bertz CT molecular complexity index is 497. The summed E-state index contributed by atoms with van der Waals surface area (Å²) >= 11 is 0. The largest absolute Gasteiger partial charge is 0.481 e. The lowest BCUT2D eigenvalue weighted by Crippen LogP contribution is -2.20. The molecule has 27 heavy (non-hydrogen) atoms. The van der Waals surface area contributed by atoms with Crippen molar-refractivity contribution in [2.75, 3.05) is 0 Å². The number of unbranched alkanes of at least 4 members (excludes halogenated alkanes) is 5. The number of carboxylic acids is 1. The third-order valence-electron chi connectivity index (χ3n) is 5.28. The molecule has 1 fully saturated rings. The van der Waals surface area contributed by atoms with Crippen molar-refractivity contribution in [3.63, 3.8) is 0 Å². The number of aliphatic carboxylic acids is 1. The monoisotopic (exact) mass is 380 g/mol. The summed E-state index contributed by atoms with van der Waals surface area (Å²) in [5.74, 6) is -1.03. The number of carbonyl (C=O) groups excluding carboxylic acids is 1. The van der Waals surface area contributed by atoms with Gasteiger partial charge in [0.25, 0.3) is 0 Å². The van der Waals surface area contributed by atoms with Gasteiger partial charge in [0.15, 0.2) is 5.78 Å². The molecule has 0 radical (unpaired) electrons. The second kappa shape index (κ2) is 13.7. The van der Waals surface area contributed by atoms with Crippen LogP contribution in [0.2, 0.25) is 0 Å². The first-order valence-corrected chi connectivity index (χ1v) is 10.4. The minimum atomic E-state index is -0.794. The molecule has 0 spiro atoms. The summed E-state index contributed by atoms with van der Waals surface area (Å²) in [5, 5.41) is 29.0. The molecule has 2 unspecified atom stereocenters. The zero-order valence-corrected chi connectivity index (χ0v) is 16.6. The second-order valence-electron chi connectivity index (χ2n) is 7.59. The van der Waals surface area contributed by atoms with Gasteiger partial charge in [0.1, 0.15) is 0 Å². The predicted molar refractivity (Wildman–Crippen MR) is 106 cm³/mol. The Labute approximate surface area is 163 Å². The van der Waals surface area contributed by atoms with E-state index in [2.05, 4.69) is 6.92 Å². The molecule has 4 atom stereocenters. The van der Waals surface area contributed by atoms with E-state index in [0.29, 0.717) is 32.1 Å². The number of hydrogen-bond donors (Lipinski definition) is 3. The number of aliphatic hydroxyl groups is 2. The van der Waals surface area contributed by atoms with Crippen molar-refractivity contribution in [1.82, 2.24) is 0 Å². The molecule has 1 rings (SSSR count). The smallest absolute Gasteiger partial charge is 0.303 e. The normalized spacial score (nSPS) is 25.6. The third kappa shape index (κ3) is 9.87. The Balaban J connectivity index is 2.42. The van der Waals surface area contributed by atoms with Gasteiger partial charge in [-0.2, -0.15) is 0 Å². The highest BCUT2D eigenvalue weighted by molar-refractivity contribution is 5.89. The highest BCUT2D eigenvalue weighted by atomic mass is 16.4. The summed E-state index contributed by atoms with van der Waals surface area (Å²) in [6, 6.07) is 0. The SMILES string of the molecule is CCCCCCCC(=O)C=C[C@H]1C(O)CC(O)[C@@H]1CC=CCCCC(=O)O. The Kier molecular flexibility index (Phi) is 11.9. The minimum absolute atomic E-state index is 0.0862. The zero-order valence-electron chi connectivity index (χ0n) is 16.6. The molecule has 3 N–H and O–H groups in total. The fourth-order valence-corrected chi connectivity index (χ4v) is 3.65. The molecule has 0 aromatic carbocycles. The van der Waals surface area contributed by atoms with E-state index in [1.807, 2.05) is 12.2 Å². The first kappa shape index (κ1) is 23.6. The van der Waals surface area contributed by atoms with E-state index in [1.165, 1.54) is 19.3 Å². The van der Waals surface area contributed by atoms with Gasteiger partial charge >= 0.3 is 5.97 Å². The predicted octanol–water partition coefficient (Wildman–Crippen LogP) is 4.03. The minimum Gasteiger partial charge on any atom is -0.481 e. The lowest BCUT2D eigenvalue weighted by Gasteiger charge is -2.19. The fraction of sp³-hybridized carbons (Fsp3) is 0.727. The van der Waals surface area contributed by atoms with Crippen molar-refractivity contribution >= 4 is 11.8 Å². The Hall–Kier alpha value is -1.46. The Morgan fingerprint density at radius 2 is 1.70 bits per heavy atom. The number of allylic oxidation sites excluding steroid dienone is 3. The van der Waals surface area contributed by atoms with Crippen molar-refractivity contribution in [2.24, 2.45) is 11.8 Å². The summed E-state index contributed by atoms with van der Waals surface area (Å²) in [6.45, 7) is 2.16. The second-order valence-corrected chi connectivity index (χ2v) is 7.59. The van der Waals surface area contributed by atoms with E-state index in [1.54, 1.807) is 12.2 Å². The van der Waals surface area contributed by atoms with Gasteiger partial charge < -0.3 is 15.3 Å². The van der Waals surface area contributed by atoms with Crippen LogP contribution in [0.1, 0.15) is 77.6 Å². The first-order valence-electron chi connectivity index (χ1n) is 10.4. The fourth-order valence-electron chi connectivity index (χ4n) is 3.65. The quantitative estimate of drug-likeness (QED) is 0.240. The van der Waals surface area contributed by atoms with Crippen molar-refractivity contribution < 1.29 is 24.9 Å². The van der Waals surface area contributed by atoms with Gasteiger partial charge in [-0.1, -0.05) is 50.8 Å². The number of carboxylic acid groups (broad SMARTS) is 1. The van der Waals surface area contributed by atoms with E-state index in [4.69, 9.17) is 5.11 Å². The molecular weight excluding hydrogens is 344 g/mol. The summed E-state index contributed by atoms with van der Waals surface area (Å²) in [5.41, 5.74) is 0. The first-order chi connectivity index (χ1) is 13.0. The summed E-state index contributed by atoms with van der Waals surface area (Å²) in [4.78, 5) is 22.5. The van der Waals surface area contributed by atoms with E-state index in [0.717, 1.165) is 12.8 Å². The molecule has 0 saturated heterocycles. The molecule has 0 heterocycles. The van der Waals surface area contributed by atoms with Crippen molar-refractivity contribution in [1.29, 1.82) is 0 Å². The van der Waals surface area contributed by atoms with Crippen LogP contribution in [-0.2, 0) is 9.59 Å². The van der Waals surface area contributed by atoms with E-state index in [-0.39, 0.29) is 24.0 Å². The Morgan fingerprint density at radius 3 is 2.41 bits per heavy atom. The van der Waals surface area contributed by atoms with Crippen molar-refractivity contribution in [2.45, 2.75) is 89.8 Å². The van der Waals surface area contributed by atoms with Gasteiger partial charge in [-0.15, -0.1) is 0 Å². The van der Waals surface area contributed by atoms with E-state index < -0.39 is 18.2 Å². The van der Waals surface area contributed by atoms with Crippen LogP contribution in [-0.4, -0.2) is 39.3 Å². The van der Waals surface area contributed by atoms with Crippen LogP contribution in [0.25, 0.3) is 0 Å². The molecule has 154 valence electrons. The average Bonchev–Trinajstić information content (AvgIpc) is 2.88. The van der Waals surface area contributed by atoms with Gasteiger partial charge in [-0.05, 0) is 37.7 Å². The van der Waals surface area contributed by atoms with Gasteiger partial charge in [-0.25, -0.2) is 0 Å². The maximum Gasteiger partial charge on any atom is 0.303 e. The number of carbonyl (C=O) groups is 2. The average molecular weight is 381 g/mol. The van der Waals surface area contributed by atoms with Crippen molar-refractivity contribution in [3.8, 4) is 0 Å². The van der Waals surface area contributed by atoms with Gasteiger partial charge in [0, 0.05) is 25.2 Å². The molecule has 1 aliphatic carbocycles. The highest BCUT2D eigenvalue weighted by Gasteiger charge is 2.39. The lowest BCUT2D eigenvalue weighted by molar-refractivity contribution is -0.137. The maximum atomic E-state index is 12.0. The number of hydrogen-bond acceptors (Lipinski definition) is 4. The van der Waals surface area contributed by atoms with Crippen LogP contribution in [0.3, 0.4) is 0 Å². The van der Waals surface area contributed by atoms with Crippen LogP contribution in [0.5, 0.6) is 0 Å². The summed E-state index contributed by atoms with van der Waals surface area (Å²) in [7, 11) is 0. The maximum absolute atomic E-state index is 12.0. The molecule has 0 aromatic heterocycles. The molecule has 1 saturated carbocycles. The van der Waals surface area contributed by atoms with Crippen LogP contribution < -0.4 is 0 Å². The highest BCUT2D eigenvalue weighted by Crippen LogP contribution is 2.36. The van der Waals surface area contributed by atoms with Crippen LogP contribution in [0.4, 0.5) is 0 Å². The van der Waals surface area contributed by atoms with Crippen LogP contribution >= 0.6 is 0 Å². The molecule has 0 bridgehead atoms. The molecule has 0 amide bonds. The van der Waals surface area contributed by atoms with E-state index in [9.17, 15) is 19.8 Å². The van der Waals surface area contributed by atoms with E-state index >= 15 is 0 Å². The standard InChI is InChI=1S/C22H36O5/c1-2-3-4-5-8-11-17(23)14-15-19-18(20(24)16-21(19)25)12-9-6-7-10-13-22(26)27/h6,9,14-15,18-21,24-25H,2-5,7-8,10-13,16H2,1H3,(H,26,27)/t18-,19-,20?,21?/m1/s1. The summed E-state index contributed by atoms with van der Waals surface area (Å²) in [6.07, 6.45) is 14.5. The lowest BCUT2D eigenvalue weighted by atomic mass is 9.89. The molecule has 5 nitrogen and oxygen atoms in total. The summed E-state index contributed by atoms with van der Waals surface area (Å²) < 4.78 is 0. The Morgan fingerprint density at radius 1 is 0.963 bits per heavy atom.